The van der Waals surface area contributed by atoms with Crippen molar-refractivity contribution in [3.8, 4) is 11.1 Å². The quantitative estimate of drug-likeness (QED) is 0.797. The predicted octanol–water partition coefficient (Wildman–Crippen LogP) is 3.11. The van der Waals surface area contributed by atoms with Gasteiger partial charge in [-0.1, -0.05) is 11.6 Å². The summed E-state index contributed by atoms with van der Waals surface area (Å²) in [5, 5.41) is 3.95. The predicted molar refractivity (Wildman–Crippen MR) is 80.3 cm³/mol. The zero-order valence-electron chi connectivity index (χ0n) is 12.1. The molecule has 0 N–H and O–H groups in total. The third-order valence-electron chi connectivity index (χ3n) is 3.71. The van der Waals surface area contributed by atoms with Gasteiger partial charge in [-0.2, -0.15) is 5.10 Å². The maximum Gasteiger partial charge on any atom is 0.277 e. The first-order chi connectivity index (χ1) is 10.6. The van der Waals surface area contributed by atoms with Gasteiger partial charge in [-0.3, -0.25) is 4.79 Å². The van der Waals surface area contributed by atoms with Gasteiger partial charge >= 0.3 is 0 Å². The molecule has 0 saturated carbocycles. The van der Waals surface area contributed by atoms with Crippen LogP contribution >= 0.6 is 11.6 Å². The summed E-state index contributed by atoms with van der Waals surface area (Å²) in [5.41, 5.74) is 1.10. The van der Waals surface area contributed by atoms with Crippen LogP contribution in [0.3, 0.4) is 0 Å². The second kappa shape index (κ2) is 6.14. The van der Waals surface area contributed by atoms with Crippen molar-refractivity contribution in [2.75, 3.05) is 6.61 Å². The number of aromatic nitrogens is 3. The van der Waals surface area contributed by atoms with Crippen molar-refractivity contribution < 1.29 is 9.13 Å². The molecule has 5 nitrogen and oxygen atoms in total. The van der Waals surface area contributed by atoms with Crippen molar-refractivity contribution >= 4 is 11.6 Å². The number of nitrogens with zero attached hydrogens (tertiary/aromatic N) is 3. The zero-order valence-corrected chi connectivity index (χ0v) is 12.8. The average molecular weight is 324 g/mol. The smallest absolute Gasteiger partial charge is 0.277 e. The molecule has 0 spiro atoms. The molecule has 0 aromatic carbocycles. The number of hydrogen-bond acceptors (Lipinski definition) is 4. The summed E-state index contributed by atoms with van der Waals surface area (Å²) in [7, 11) is 0. The standard InChI is InChI=1S/C15H15ClFN3O2/c1-9-7-19-20(12-4-2-3-5-22-12)15(21)13(9)10-6-11(17)14(16)18-8-10/h6-8,12H,2-5H2,1H3. The maximum absolute atomic E-state index is 13.6. The fourth-order valence-electron chi connectivity index (χ4n) is 2.58. The monoisotopic (exact) mass is 323 g/mol. The Bertz CT molecular complexity index is 757. The summed E-state index contributed by atoms with van der Waals surface area (Å²) < 4.78 is 20.6. The molecule has 0 radical (unpaired) electrons. The summed E-state index contributed by atoms with van der Waals surface area (Å²) in [4.78, 5) is 16.5. The molecule has 3 rings (SSSR count). The lowest BCUT2D eigenvalue weighted by molar-refractivity contribution is -0.0423. The van der Waals surface area contributed by atoms with Crippen molar-refractivity contribution in [2.45, 2.75) is 32.4 Å². The van der Waals surface area contributed by atoms with Gasteiger partial charge in [-0.15, -0.1) is 0 Å². The Balaban J connectivity index is 2.10. The Labute approximate surface area is 131 Å². The van der Waals surface area contributed by atoms with E-state index in [1.165, 1.54) is 16.9 Å². The van der Waals surface area contributed by atoms with E-state index in [1.807, 2.05) is 0 Å². The van der Waals surface area contributed by atoms with E-state index in [1.54, 1.807) is 13.1 Å². The minimum absolute atomic E-state index is 0.216. The molecule has 1 aliphatic rings. The van der Waals surface area contributed by atoms with Crippen LogP contribution in [0, 0.1) is 12.7 Å². The molecule has 1 fully saturated rings. The van der Waals surface area contributed by atoms with Gasteiger partial charge in [0.05, 0.1) is 11.8 Å². The molecule has 0 bridgehead atoms. The Morgan fingerprint density at radius 3 is 2.91 bits per heavy atom. The highest BCUT2D eigenvalue weighted by Gasteiger charge is 2.21. The Morgan fingerprint density at radius 1 is 1.41 bits per heavy atom. The summed E-state index contributed by atoms with van der Waals surface area (Å²) in [6.45, 7) is 2.36. The minimum Gasteiger partial charge on any atom is -0.356 e. The SMILES string of the molecule is Cc1cnn(C2CCCCO2)c(=O)c1-c1cnc(Cl)c(F)c1. The molecule has 1 unspecified atom stereocenters. The summed E-state index contributed by atoms with van der Waals surface area (Å²) in [5.74, 6) is -0.657. The van der Waals surface area contributed by atoms with Crippen LogP contribution in [0.2, 0.25) is 5.15 Å². The molecule has 0 amide bonds. The molecule has 2 aromatic heterocycles. The molecule has 3 heterocycles. The van der Waals surface area contributed by atoms with Gasteiger partial charge < -0.3 is 4.74 Å². The molecular weight excluding hydrogens is 309 g/mol. The molecule has 22 heavy (non-hydrogen) atoms. The molecule has 2 aromatic rings. The zero-order chi connectivity index (χ0) is 15.7. The first kappa shape index (κ1) is 15.1. The number of pyridine rings is 1. The molecule has 1 saturated heterocycles. The normalized spacial score (nSPS) is 18.4. The van der Waals surface area contributed by atoms with Gasteiger partial charge in [0.15, 0.2) is 17.2 Å². The van der Waals surface area contributed by atoms with Gasteiger partial charge in [-0.25, -0.2) is 14.1 Å². The minimum atomic E-state index is -0.657. The van der Waals surface area contributed by atoms with Gasteiger partial charge in [-0.05, 0) is 37.8 Å². The average Bonchev–Trinajstić information content (AvgIpc) is 2.52. The van der Waals surface area contributed by atoms with E-state index in [9.17, 15) is 9.18 Å². The summed E-state index contributed by atoms with van der Waals surface area (Å²) in [6.07, 6.45) is 5.31. The Kier molecular flexibility index (Phi) is 4.22. The number of ether oxygens (including phenoxy) is 1. The van der Waals surface area contributed by atoms with Crippen molar-refractivity contribution in [1.82, 2.24) is 14.8 Å². The van der Waals surface area contributed by atoms with Gasteiger partial charge in [0, 0.05) is 18.4 Å². The van der Waals surface area contributed by atoms with E-state index in [4.69, 9.17) is 16.3 Å². The van der Waals surface area contributed by atoms with Gasteiger partial charge in [0.2, 0.25) is 0 Å². The van der Waals surface area contributed by atoms with E-state index in [0.29, 0.717) is 23.3 Å². The van der Waals surface area contributed by atoms with Crippen LogP contribution in [0.15, 0.2) is 23.3 Å². The third-order valence-corrected chi connectivity index (χ3v) is 3.98. The second-order valence-corrected chi connectivity index (χ2v) is 5.63. The fraction of sp³-hybridized carbons (Fsp3) is 0.400. The van der Waals surface area contributed by atoms with Crippen LogP contribution in [0.5, 0.6) is 0 Å². The summed E-state index contributed by atoms with van der Waals surface area (Å²) in [6, 6.07) is 1.21. The Morgan fingerprint density at radius 2 is 2.23 bits per heavy atom. The fourth-order valence-corrected chi connectivity index (χ4v) is 2.68. The molecule has 1 atom stereocenters. The van der Waals surface area contributed by atoms with Crippen LogP contribution in [0.25, 0.3) is 11.1 Å². The Hall–Kier alpha value is -1.79. The topological polar surface area (TPSA) is 57.0 Å². The van der Waals surface area contributed by atoms with Gasteiger partial charge in [0.25, 0.3) is 5.56 Å². The van der Waals surface area contributed by atoms with E-state index >= 15 is 0 Å². The van der Waals surface area contributed by atoms with Crippen LogP contribution in [-0.2, 0) is 4.74 Å². The lowest BCUT2D eigenvalue weighted by atomic mass is 10.1. The maximum atomic E-state index is 13.6. The first-order valence-corrected chi connectivity index (χ1v) is 7.47. The number of halogens is 2. The van der Waals surface area contributed by atoms with Crippen molar-refractivity contribution in [1.29, 1.82) is 0 Å². The van der Waals surface area contributed by atoms with Crippen molar-refractivity contribution in [3.63, 3.8) is 0 Å². The van der Waals surface area contributed by atoms with E-state index in [2.05, 4.69) is 10.1 Å². The van der Waals surface area contributed by atoms with Crippen LogP contribution in [0.1, 0.15) is 31.1 Å². The lowest BCUT2D eigenvalue weighted by Crippen LogP contribution is -2.32. The number of aryl methyl sites for hydroxylation is 1. The lowest BCUT2D eigenvalue weighted by Gasteiger charge is -2.24. The molecule has 0 aliphatic carbocycles. The number of hydrogen-bond donors (Lipinski definition) is 0. The third kappa shape index (κ3) is 2.76. The van der Waals surface area contributed by atoms with Crippen molar-refractivity contribution in [2.24, 2.45) is 0 Å². The number of rotatable bonds is 2. The van der Waals surface area contributed by atoms with Gasteiger partial charge in [0.1, 0.15) is 0 Å². The van der Waals surface area contributed by atoms with Crippen LogP contribution < -0.4 is 5.56 Å². The molecule has 1 aliphatic heterocycles. The molecule has 116 valence electrons. The highest BCUT2D eigenvalue weighted by molar-refractivity contribution is 6.29. The van der Waals surface area contributed by atoms with Crippen LogP contribution in [-0.4, -0.2) is 21.4 Å². The van der Waals surface area contributed by atoms with Crippen molar-refractivity contribution in [3.05, 3.63) is 45.3 Å². The second-order valence-electron chi connectivity index (χ2n) is 5.27. The van der Waals surface area contributed by atoms with Crippen LogP contribution in [0.4, 0.5) is 4.39 Å². The molecular formula is C15H15ClFN3O2. The highest BCUT2D eigenvalue weighted by Crippen LogP contribution is 2.24. The van der Waals surface area contributed by atoms with E-state index in [-0.39, 0.29) is 16.9 Å². The first-order valence-electron chi connectivity index (χ1n) is 7.09. The highest BCUT2D eigenvalue weighted by atomic mass is 35.5. The largest absolute Gasteiger partial charge is 0.356 e. The van der Waals surface area contributed by atoms with E-state index in [0.717, 1.165) is 19.3 Å². The molecule has 7 heteroatoms. The van der Waals surface area contributed by atoms with E-state index < -0.39 is 5.82 Å². The summed E-state index contributed by atoms with van der Waals surface area (Å²) >= 11 is 5.60.